The SMILES string of the molecule is CCC(CC)(CNS(=O)(=O)c1ccc(CCN)cc1)SC. The summed E-state index contributed by atoms with van der Waals surface area (Å²) < 4.78 is 27.4. The first-order chi connectivity index (χ1) is 9.93. The van der Waals surface area contributed by atoms with E-state index in [1.54, 1.807) is 23.9 Å². The van der Waals surface area contributed by atoms with E-state index in [4.69, 9.17) is 5.73 Å². The maximum atomic E-state index is 12.4. The highest BCUT2D eigenvalue weighted by molar-refractivity contribution is 8.00. The first-order valence-electron chi connectivity index (χ1n) is 7.27. The molecule has 0 aliphatic rings. The van der Waals surface area contributed by atoms with Crippen molar-refractivity contribution < 1.29 is 8.42 Å². The van der Waals surface area contributed by atoms with Crippen LogP contribution >= 0.6 is 11.8 Å². The van der Waals surface area contributed by atoms with Crippen LogP contribution in [0.25, 0.3) is 0 Å². The maximum absolute atomic E-state index is 12.4. The Morgan fingerprint density at radius 3 is 2.19 bits per heavy atom. The van der Waals surface area contributed by atoms with Crippen molar-refractivity contribution in [3.8, 4) is 0 Å². The summed E-state index contributed by atoms with van der Waals surface area (Å²) in [6.07, 6.45) is 4.66. The van der Waals surface area contributed by atoms with Gasteiger partial charge in [0.1, 0.15) is 0 Å². The predicted octanol–water partition coefficient (Wildman–Crippen LogP) is 2.39. The van der Waals surface area contributed by atoms with Gasteiger partial charge in [-0.2, -0.15) is 11.8 Å². The molecule has 0 aromatic heterocycles. The summed E-state index contributed by atoms with van der Waals surface area (Å²) in [5.41, 5.74) is 6.55. The summed E-state index contributed by atoms with van der Waals surface area (Å²) in [6.45, 7) is 5.20. The van der Waals surface area contributed by atoms with E-state index in [1.807, 2.05) is 18.4 Å². The van der Waals surface area contributed by atoms with E-state index >= 15 is 0 Å². The van der Waals surface area contributed by atoms with E-state index in [9.17, 15) is 8.42 Å². The zero-order valence-electron chi connectivity index (χ0n) is 13.1. The zero-order valence-corrected chi connectivity index (χ0v) is 14.7. The van der Waals surface area contributed by atoms with E-state index in [2.05, 4.69) is 18.6 Å². The summed E-state index contributed by atoms with van der Waals surface area (Å²) in [4.78, 5) is 0.311. The average molecular weight is 331 g/mol. The second kappa shape index (κ2) is 8.17. The molecular weight excluding hydrogens is 304 g/mol. The highest BCUT2D eigenvalue weighted by Gasteiger charge is 2.27. The number of hydrogen-bond donors (Lipinski definition) is 2. The number of sulfonamides is 1. The Balaban J connectivity index is 2.81. The van der Waals surface area contributed by atoms with E-state index in [0.717, 1.165) is 24.8 Å². The highest BCUT2D eigenvalue weighted by Crippen LogP contribution is 2.30. The van der Waals surface area contributed by atoms with Crippen molar-refractivity contribution in [1.29, 1.82) is 0 Å². The smallest absolute Gasteiger partial charge is 0.240 e. The Labute approximate surface area is 132 Å². The maximum Gasteiger partial charge on any atom is 0.240 e. The largest absolute Gasteiger partial charge is 0.330 e. The topological polar surface area (TPSA) is 72.2 Å². The molecule has 1 rings (SSSR count). The van der Waals surface area contributed by atoms with Gasteiger partial charge in [0.15, 0.2) is 0 Å². The number of nitrogens with two attached hydrogens (primary N) is 1. The lowest BCUT2D eigenvalue weighted by Crippen LogP contribution is -2.39. The van der Waals surface area contributed by atoms with E-state index in [-0.39, 0.29) is 4.75 Å². The lowest BCUT2D eigenvalue weighted by molar-refractivity contribution is 0.522. The van der Waals surface area contributed by atoms with Gasteiger partial charge < -0.3 is 5.73 Å². The molecule has 0 saturated heterocycles. The minimum absolute atomic E-state index is 0.0352. The monoisotopic (exact) mass is 330 g/mol. The van der Waals surface area contributed by atoms with Gasteiger partial charge in [-0.15, -0.1) is 0 Å². The van der Waals surface area contributed by atoms with Crippen molar-refractivity contribution in [3.05, 3.63) is 29.8 Å². The molecule has 21 heavy (non-hydrogen) atoms. The summed E-state index contributed by atoms with van der Waals surface area (Å²) in [6, 6.07) is 6.93. The quantitative estimate of drug-likeness (QED) is 0.729. The van der Waals surface area contributed by atoms with Gasteiger partial charge >= 0.3 is 0 Å². The van der Waals surface area contributed by atoms with Crippen LogP contribution in [0.3, 0.4) is 0 Å². The van der Waals surface area contributed by atoms with Crippen LogP contribution in [0.5, 0.6) is 0 Å². The molecule has 6 heteroatoms. The predicted molar refractivity (Wildman–Crippen MR) is 91.2 cm³/mol. The Hall–Kier alpha value is -0.560. The molecular formula is C15H26N2O2S2. The summed E-state index contributed by atoms with van der Waals surface area (Å²) in [7, 11) is -3.45. The molecule has 0 radical (unpaired) electrons. The minimum Gasteiger partial charge on any atom is -0.330 e. The van der Waals surface area contributed by atoms with Crippen LogP contribution < -0.4 is 10.5 Å². The Morgan fingerprint density at radius 2 is 1.76 bits per heavy atom. The fourth-order valence-corrected chi connectivity index (χ4v) is 4.19. The van der Waals surface area contributed by atoms with Crippen LogP contribution in [0, 0.1) is 0 Å². The normalized spacial score (nSPS) is 12.6. The van der Waals surface area contributed by atoms with Gasteiger partial charge in [-0.25, -0.2) is 13.1 Å². The van der Waals surface area contributed by atoms with Gasteiger partial charge in [0.2, 0.25) is 10.0 Å². The summed E-state index contributed by atoms with van der Waals surface area (Å²) >= 11 is 1.72. The number of nitrogens with one attached hydrogen (secondary N) is 1. The van der Waals surface area contributed by atoms with Crippen LogP contribution in [-0.2, 0) is 16.4 Å². The molecule has 0 heterocycles. The van der Waals surface area contributed by atoms with Crippen LogP contribution in [0.2, 0.25) is 0 Å². The van der Waals surface area contributed by atoms with Crippen LogP contribution in [0.1, 0.15) is 32.3 Å². The van der Waals surface area contributed by atoms with Crippen LogP contribution in [-0.4, -0.2) is 32.5 Å². The average Bonchev–Trinajstić information content (AvgIpc) is 2.50. The fraction of sp³-hybridized carbons (Fsp3) is 0.600. The van der Waals surface area contributed by atoms with Gasteiger partial charge in [0.25, 0.3) is 0 Å². The van der Waals surface area contributed by atoms with Crippen molar-refractivity contribution in [3.63, 3.8) is 0 Å². The third-order valence-electron chi connectivity index (χ3n) is 3.97. The van der Waals surface area contributed by atoms with Crippen molar-refractivity contribution in [2.75, 3.05) is 19.3 Å². The minimum atomic E-state index is -3.45. The molecule has 0 bridgehead atoms. The van der Waals surface area contributed by atoms with E-state index < -0.39 is 10.0 Å². The Bertz CT molecular complexity index is 515. The van der Waals surface area contributed by atoms with Crippen LogP contribution in [0.4, 0.5) is 0 Å². The lowest BCUT2D eigenvalue weighted by atomic mass is 10.0. The summed E-state index contributed by atoms with van der Waals surface area (Å²) in [5, 5.41) is 0. The molecule has 1 aromatic rings. The first-order valence-corrected chi connectivity index (χ1v) is 9.97. The zero-order chi connectivity index (χ0) is 15.9. The molecule has 0 fully saturated rings. The van der Waals surface area contributed by atoms with Crippen molar-refractivity contribution >= 4 is 21.8 Å². The highest BCUT2D eigenvalue weighted by atomic mass is 32.2. The molecule has 0 spiro atoms. The number of hydrogen-bond acceptors (Lipinski definition) is 4. The molecule has 0 amide bonds. The fourth-order valence-electron chi connectivity index (χ4n) is 2.17. The van der Waals surface area contributed by atoms with Gasteiger partial charge in [-0.05, 0) is 49.8 Å². The third kappa shape index (κ3) is 4.98. The van der Waals surface area contributed by atoms with Crippen molar-refractivity contribution in [2.24, 2.45) is 5.73 Å². The second-order valence-electron chi connectivity index (χ2n) is 5.10. The first kappa shape index (κ1) is 18.5. The molecule has 0 aliphatic carbocycles. The van der Waals surface area contributed by atoms with Crippen molar-refractivity contribution in [1.82, 2.24) is 4.72 Å². The van der Waals surface area contributed by atoms with Gasteiger partial charge in [-0.3, -0.25) is 0 Å². The van der Waals surface area contributed by atoms with Gasteiger partial charge in [0, 0.05) is 11.3 Å². The standard InChI is InChI=1S/C15H26N2O2S2/c1-4-15(5-2,20-3)12-17-21(18,19)14-8-6-13(7-9-14)10-11-16/h6-9,17H,4-5,10-12,16H2,1-3H3. The third-order valence-corrected chi connectivity index (χ3v) is 6.98. The Kier molecular flexibility index (Phi) is 7.20. The number of benzene rings is 1. The molecule has 1 aromatic carbocycles. The Morgan fingerprint density at radius 1 is 1.19 bits per heavy atom. The lowest BCUT2D eigenvalue weighted by Gasteiger charge is -2.29. The molecule has 0 atom stereocenters. The molecule has 0 saturated carbocycles. The second-order valence-corrected chi connectivity index (χ2v) is 8.14. The van der Waals surface area contributed by atoms with Gasteiger partial charge in [0.05, 0.1) is 4.90 Å². The number of thioether (sulfide) groups is 1. The molecule has 4 nitrogen and oxygen atoms in total. The molecule has 120 valence electrons. The number of rotatable bonds is 9. The van der Waals surface area contributed by atoms with Gasteiger partial charge in [-0.1, -0.05) is 26.0 Å². The molecule has 0 unspecified atom stereocenters. The van der Waals surface area contributed by atoms with Crippen molar-refractivity contribution in [2.45, 2.75) is 42.8 Å². The molecule has 0 aliphatic heterocycles. The molecule has 3 N–H and O–H groups in total. The van der Waals surface area contributed by atoms with Crippen LogP contribution in [0.15, 0.2) is 29.2 Å². The van der Waals surface area contributed by atoms with E-state index in [0.29, 0.717) is 18.0 Å². The summed E-state index contributed by atoms with van der Waals surface area (Å²) in [5.74, 6) is 0. The van der Waals surface area contributed by atoms with E-state index in [1.165, 1.54) is 0 Å².